The summed E-state index contributed by atoms with van der Waals surface area (Å²) >= 11 is 1.17. The van der Waals surface area contributed by atoms with Crippen LogP contribution in [-0.4, -0.2) is 31.5 Å². The normalized spacial score (nSPS) is 11.0. The van der Waals surface area contributed by atoms with Gasteiger partial charge in [0.05, 0.1) is 12.1 Å². The molecule has 6 nitrogen and oxygen atoms in total. The Morgan fingerprint density at radius 1 is 1.26 bits per heavy atom. The zero-order valence-corrected chi connectivity index (χ0v) is 12.8. The van der Waals surface area contributed by atoms with Gasteiger partial charge in [-0.05, 0) is 24.1 Å². The average Bonchev–Trinajstić information content (AvgIpc) is 3.01. The van der Waals surface area contributed by atoms with Gasteiger partial charge in [-0.15, -0.1) is 0 Å². The van der Waals surface area contributed by atoms with E-state index in [1.54, 1.807) is 12.1 Å². The number of thioether (sulfide) groups is 1. The van der Waals surface area contributed by atoms with Crippen molar-refractivity contribution in [2.45, 2.75) is 18.0 Å². The topological polar surface area (TPSA) is 91.5 Å². The minimum Gasteiger partial charge on any atom is -0.339 e. The highest BCUT2D eigenvalue weighted by atomic mass is 32.2. The number of Topliss-reactive ketones (excluding diaryl/α,β-unsaturated/α-hetero) is 1. The second-order valence-electron chi connectivity index (χ2n) is 4.93. The van der Waals surface area contributed by atoms with Crippen molar-refractivity contribution in [2.75, 3.05) is 5.75 Å². The second kappa shape index (κ2) is 6.74. The SMILES string of the molecule is O=C(CCc1ccc(F)cc1)CSc1nc2nc[nH]c2c(=O)[nH]1. The lowest BCUT2D eigenvalue weighted by Crippen LogP contribution is -2.10. The van der Waals surface area contributed by atoms with E-state index in [0.717, 1.165) is 5.56 Å². The Morgan fingerprint density at radius 2 is 2.04 bits per heavy atom. The van der Waals surface area contributed by atoms with Gasteiger partial charge in [0.1, 0.15) is 11.6 Å². The van der Waals surface area contributed by atoms with Crippen molar-refractivity contribution < 1.29 is 9.18 Å². The van der Waals surface area contributed by atoms with Crippen molar-refractivity contribution in [1.82, 2.24) is 19.9 Å². The first-order valence-corrected chi connectivity index (χ1v) is 7.93. The summed E-state index contributed by atoms with van der Waals surface area (Å²) in [5.41, 5.74) is 1.25. The molecule has 2 heterocycles. The molecule has 0 saturated carbocycles. The predicted molar refractivity (Wildman–Crippen MR) is 85.0 cm³/mol. The monoisotopic (exact) mass is 332 g/mol. The number of halogens is 1. The van der Waals surface area contributed by atoms with E-state index < -0.39 is 0 Å². The van der Waals surface area contributed by atoms with Gasteiger partial charge >= 0.3 is 0 Å². The number of nitrogens with zero attached hydrogens (tertiary/aromatic N) is 2. The van der Waals surface area contributed by atoms with Gasteiger partial charge in [0.15, 0.2) is 16.3 Å². The van der Waals surface area contributed by atoms with Gasteiger partial charge < -0.3 is 4.98 Å². The molecule has 3 aromatic rings. The third-order valence-electron chi connectivity index (χ3n) is 3.25. The van der Waals surface area contributed by atoms with Crippen LogP contribution in [0.5, 0.6) is 0 Å². The number of hydrogen-bond acceptors (Lipinski definition) is 5. The van der Waals surface area contributed by atoms with Gasteiger partial charge in [-0.3, -0.25) is 14.6 Å². The predicted octanol–water partition coefficient (Wildman–Crippen LogP) is 2.08. The van der Waals surface area contributed by atoms with Crippen molar-refractivity contribution in [3.63, 3.8) is 0 Å². The molecule has 0 unspecified atom stereocenters. The Balaban J connectivity index is 1.55. The highest BCUT2D eigenvalue weighted by Gasteiger charge is 2.09. The number of imidazole rings is 1. The molecule has 0 amide bonds. The largest absolute Gasteiger partial charge is 0.339 e. The maximum atomic E-state index is 12.8. The van der Waals surface area contributed by atoms with Crippen LogP contribution < -0.4 is 5.56 Å². The van der Waals surface area contributed by atoms with Crippen LogP contribution in [0.1, 0.15) is 12.0 Å². The summed E-state index contributed by atoms with van der Waals surface area (Å²) in [7, 11) is 0. The van der Waals surface area contributed by atoms with Gasteiger partial charge in [0.2, 0.25) is 0 Å². The van der Waals surface area contributed by atoms with E-state index in [2.05, 4.69) is 19.9 Å². The molecule has 1 aromatic carbocycles. The fraction of sp³-hybridized carbons (Fsp3) is 0.200. The molecule has 0 aliphatic heterocycles. The third-order valence-corrected chi connectivity index (χ3v) is 4.18. The molecule has 0 bridgehead atoms. The number of carbonyl (C=O) groups excluding carboxylic acids is 1. The van der Waals surface area contributed by atoms with Crippen LogP contribution in [0.25, 0.3) is 11.2 Å². The number of nitrogens with one attached hydrogen (secondary N) is 2. The number of aryl methyl sites for hydroxylation is 1. The Labute approximate surface area is 134 Å². The minimum absolute atomic E-state index is 0.0316. The number of aromatic nitrogens is 4. The standard InChI is InChI=1S/C15H13FN4O2S/c16-10-4-1-9(2-5-10)3-6-11(21)7-23-15-19-13-12(14(22)20-15)17-8-18-13/h1-2,4-5,8H,3,6-7H2,(H2,17,18,19,20,22). The van der Waals surface area contributed by atoms with Crippen molar-refractivity contribution in [2.24, 2.45) is 0 Å². The molecule has 3 rings (SSSR count). The smallest absolute Gasteiger partial charge is 0.277 e. The lowest BCUT2D eigenvalue weighted by Gasteiger charge is -2.02. The van der Waals surface area contributed by atoms with Gasteiger partial charge in [0, 0.05) is 6.42 Å². The maximum Gasteiger partial charge on any atom is 0.277 e. The molecule has 0 atom stereocenters. The van der Waals surface area contributed by atoms with E-state index in [9.17, 15) is 14.0 Å². The molecule has 8 heteroatoms. The van der Waals surface area contributed by atoms with Crippen LogP contribution in [0.15, 0.2) is 40.5 Å². The van der Waals surface area contributed by atoms with Gasteiger partial charge in [-0.2, -0.15) is 0 Å². The third kappa shape index (κ3) is 3.84. The summed E-state index contributed by atoms with van der Waals surface area (Å²) in [5, 5.41) is 0.365. The maximum absolute atomic E-state index is 12.8. The lowest BCUT2D eigenvalue weighted by molar-refractivity contribution is -0.116. The van der Waals surface area contributed by atoms with Crippen LogP contribution in [0.4, 0.5) is 4.39 Å². The molecule has 23 heavy (non-hydrogen) atoms. The minimum atomic E-state index is -0.311. The summed E-state index contributed by atoms with van der Waals surface area (Å²) < 4.78 is 12.8. The fourth-order valence-corrected chi connectivity index (χ4v) is 2.80. The second-order valence-corrected chi connectivity index (χ2v) is 5.89. The first-order chi connectivity index (χ1) is 11.1. The number of H-pyrrole nitrogens is 2. The highest BCUT2D eigenvalue weighted by molar-refractivity contribution is 7.99. The van der Waals surface area contributed by atoms with E-state index in [1.165, 1.54) is 30.2 Å². The Bertz CT molecular complexity index is 888. The van der Waals surface area contributed by atoms with E-state index in [0.29, 0.717) is 29.2 Å². The number of fused-ring (bicyclic) bond motifs is 1. The summed E-state index contributed by atoms with van der Waals surface area (Å²) in [6, 6.07) is 6.09. The van der Waals surface area contributed by atoms with Crippen LogP contribution in [0.3, 0.4) is 0 Å². The van der Waals surface area contributed by atoms with Crippen molar-refractivity contribution in [3.8, 4) is 0 Å². The number of hydrogen-bond donors (Lipinski definition) is 2. The molecule has 0 aliphatic rings. The molecule has 2 aromatic heterocycles. The zero-order chi connectivity index (χ0) is 16.2. The molecular weight excluding hydrogens is 319 g/mol. The van der Waals surface area contributed by atoms with Crippen LogP contribution in [-0.2, 0) is 11.2 Å². The number of carbonyl (C=O) groups is 1. The number of rotatable bonds is 6. The summed E-state index contributed by atoms with van der Waals surface area (Å²) in [4.78, 5) is 37.1. The summed E-state index contributed by atoms with van der Waals surface area (Å²) in [5.74, 6) is -0.0522. The first-order valence-electron chi connectivity index (χ1n) is 6.94. The quantitative estimate of drug-likeness (QED) is 0.533. The molecule has 2 N–H and O–H groups in total. The van der Waals surface area contributed by atoms with E-state index >= 15 is 0 Å². The number of ketones is 1. The number of aromatic amines is 2. The van der Waals surface area contributed by atoms with Gasteiger partial charge in [-0.1, -0.05) is 23.9 Å². The zero-order valence-electron chi connectivity index (χ0n) is 12.0. The van der Waals surface area contributed by atoms with Crippen molar-refractivity contribution in [1.29, 1.82) is 0 Å². The van der Waals surface area contributed by atoms with E-state index in [1.807, 2.05) is 0 Å². The van der Waals surface area contributed by atoms with Crippen LogP contribution in [0, 0.1) is 5.82 Å². The Morgan fingerprint density at radius 3 is 2.83 bits per heavy atom. The van der Waals surface area contributed by atoms with E-state index in [-0.39, 0.29) is 22.9 Å². The van der Waals surface area contributed by atoms with E-state index in [4.69, 9.17) is 0 Å². The molecule has 0 saturated heterocycles. The van der Waals surface area contributed by atoms with Crippen LogP contribution >= 0.6 is 11.8 Å². The van der Waals surface area contributed by atoms with Crippen molar-refractivity contribution >= 4 is 28.7 Å². The Hall–Kier alpha value is -2.48. The summed E-state index contributed by atoms with van der Waals surface area (Å²) in [6.07, 6.45) is 2.31. The molecular formula is C15H13FN4O2S. The van der Waals surface area contributed by atoms with Gasteiger partial charge in [0.25, 0.3) is 5.56 Å². The molecule has 118 valence electrons. The fourth-order valence-electron chi connectivity index (χ4n) is 2.05. The summed E-state index contributed by atoms with van der Waals surface area (Å²) in [6.45, 7) is 0. The lowest BCUT2D eigenvalue weighted by atomic mass is 10.1. The highest BCUT2D eigenvalue weighted by Crippen LogP contribution is 2.14. The molecule has 0 radical (unpaired) electrons. The van der Waals surface area contributed by atoms with Gasteiger partial charge in [-0.25, -0.2) is 14.4 Å². The number of benzene rings is 1. The Kier molecular flexibility index (Phi) is 4.52. The molecule has 0 fully saturated rings. The molecule has 0 spiro atoms. The molecule has 0 aliphatic carbocycles. The van der Waals surface area contributed by atoms with Crippen LogP contribution in [0.2, 0.25) is 0 Å². The van der Waals surface area contributed by atoms with Crippen molar-refractivity contribution in [3.05, 3.63) is 52.3 Å². The first kappa shape index (κ1) is 15.4. The average molecular weight is 332 g/mol.